The summed E-state index contributed by atoms with van der Waals surface area (Å²) in [6.45, 7) is 0.888. The van der Waals surface area contributed by atoms with Crippen LogP contribution in [-0.2, 0) is 13.5 Å². The van der Waals surface area contributed by atoms with Crippen molar-refractivity contribution in [2.45, 2.75) is 31.2 Å². The molecule has 4 heterocycles. The van der Waals surface area contributed by atoms with Crippen molar-refractivity contribution in [2.24, 2.45) is 7.05 Å². The van der Waals surface area contributed by atoms with Crippen LogP contribution in [0.1, 0.15) is 28.0 Å². The van der Waals surface area contributed by atoms with Crippen LogP contribution in [0.25, 0.3) is 5.52 Å². The maximum Gasteiger partial charge on any atom is 0.393 e. The first kappa shape index (κ1) is 24.5. The molecule has 35 heavy (non-hydrogen) atoms. The van der Waals surface area contributed by atoms with Crippen LogP contribution >= 0.6 is 0 Å². The maximum absolute atomic E-state index is 14.5. The summed E-state index contributed by atoms with van der Waals surface area (Å²) in [7, 11) is 3.51. The zero-order valence-electron chi connectivity index (χ0n) is 19.2. The van der Waals surface area contributed by atoms with Crippen molar-refractivity contribution in [1.82, 2.24) is 29.6 Å². The molecule has 1 aliphatic heterocycles. The van der Waals surface area contributed by atoms with Gasteiger partial charge in [-0.3, -0.25) is 9.48 Å². The molecule has 0 unspecified atom stereocenters. The van der Waals surface area contributed by atoms with Gasteiger partial charge in [0.05, 0.1) is 36.3 Å². The quantitative estimate of drug-likeness (QED) is 0.424. The van der Waals surface area contributed by atoms with Gasteiger partial charge in [0.25, 0.3) is 5.91 Å². The number of anilines is 1. The number of carbonyl (C=O) groups excluding carboxylic acids is 1. The number of rotatable bonds is 5. The molecule has 12 heteroatoms. The summed E-state index contributed by atoms with van der Waals surface area (Å²) >= 11 is 0. The minimum atomic E-state index is -4.48. The molecule has 2 N–H and O–H groups in total. The normalized spacial score (nSPS) is 18.8. The van der Waals surface area contributed by atoms with E-state index in [1.807, 2.05) is 11.9 Å². The van der Waals surface area contributed by atoms with Gasteiger partial charge in [-0.1, -0.05) is 12.0 Å². The Morgan fingerprint density at radius 2 is 2.09 bits per heavy atom. The number of nitrogens with zero attached hydrogens (tertiary/aromatic N) is 5. The Kier molecular flexibility index (Phi) is 6.98. The molecule has 1 fully saturated rings. The number of pyridine rings is 1. The largest absolute Gasteiger partial charge is 0.393 e. The molecule has 0 spiro atoms. The molecule has 4 rings (SSSR count). The van der Waals surface area contributed by atoms with E-state index in [-0.39, 0.29) is 29.9 Å². The molecule has 1 aliphatic rings. The standard InChI is InChI=1S/C23H25F4N7O/c1-32-10-8-19(17(24)14-32)30-21-7-3-6-20-16(11-23(25,26)27)18(31-34(20)21)5-4-9-28-22(35)15-12-29-33(2)13-15/h3,6-7,12-13,17,19,30H,8-11,14H2,1-2H3,(H,28,35)/t17-,19+/m0/s1. The van der Waals surface area contributed by atoms with Crippen molar-refractivity contribution in [2.75, 3.05) is 32.0 Å². The first-order chi connectivity index (χ1) is 16.6. The fraction of sp³-hybridized carbons (Fsp3) is 0.435. The van der Waals surface area contributed by atoms with Gasteiger partial charge in [-0.05, 0) is 31.5 Å². The van der Waals surface area contributed by atoms with Gasteiger partial charge in [0.15, 0.2) is 0 Å². The summed E-state index contributed by atoms with van der Waals surface area (Å²) in [5.41, 5.74) is 0.453. The van der Waals surface area contributed by atoms with Gasteiger partial charge in [-0.15, -0.1) is 0 Å². The van der Waals surface area contributed by atoms with Gasteiger partial charge in [0.2, 0.25) is 0 Å². The molecule has 1 saturated heterocycles. The summed E-state index contributed by atoms with van der Waals surface area (Å²) in [6.07, 6.45) is -3.34. The predicted octanol–water partition coefficient (Wildman–Crippen LogP) is 2.41. The van der Waals surface area contributed by atoms with Gasteiger partial charge >= 0.3 is 6.18 Å². The number of hydrogen-bond donors (Lipinski definition) is 2. The predicted molar refractivity (Wildman–Crippen MR) is 122 cm³/mol. The molecule has 0 radical (unpaired) electrons. The number of piperidine rings is 1. The minimum absolute atomic E-state index is 0.0487. The second-order valence-corrected chi connectivity index (χ2v) is 8.53. The molecule has 8 nitrogen and oxygen atoms in total. The highest BCUT2D eigenvalue weighted by Gasteiger charge is 2.32. The molecule has 186 valence electrons. The van der Waals surface area contributed by atoms with Crippen LogP contribution in [0, 0.1) is 11.8 Å². The topological polar surface area (TPSA) is 79.5 Å². The van der Waals surface area contributed by atoms with Crippen molar-refractivity contribution < 1.29 is 22.4 Å². The van der Waals surface area contributed by atoms with Crippen LogP contribution in [0.2, 0.25) is 0 Å². The third-order valence-electron chi connectivity index (χ3n) is 5.73. The van der Waals surface area contributed by atoms with Gasteiger partial charge in [0, 0.05) is 31.9 Å². The summed E-state index contributed by atoms with van der Waals surface area (Å²) in [6, 6.07) is 4.29. The summed E-state index contributed by atoms with van der Waals surface area (Å²) < 4.78 is 57.4. The molecule has 2 atom stereocenters. The highest BCUT2D eigenvalue weighted by atomic mass is 19.4. The number of nitrogens with one attached hydrogen (secondary N) is 2. The van der Waals surface area contributed by atoms with Crippen LogP contribution in [-0.4, -0.2) is 75.3 Å². The lowest BCUT2D eigenvalue weighted by atomic mass is 10.0. The second kappa shape index (κ2) is 9.95. The third-order valence-corrected chi connectivity index (χ3v) is 5.73. The van der Waals surface area contributed by atoms with Gasteiger partial charge < -0.3 is 15.5 Å². The highest BCUT2D eigenvalue weighted by molar-refractivity contribution is 5.93. The summed E-state index contributed by atoms with van der Waals surface area (Å²) in [4.78, 5) is 14.0. The first-order valence-corrected chi connectivity index (χ1v) is 11.0. The smallest absolute Gasteiger partial charge is 0.364 e. The van der Waals surface area contributed by atoms with Crippen molar-refractivity contribution >= 4 is 17.2 Å². The van der Waals surface area contributed by atoms with E-state index in [0.717, 1.165) is 0 Å². The molecular weight excluding hydrogens is 466 g/mol. The van der Waals surface area contributed by atoms with Crippen LogP contribution in [0.15, 0.2) is 30.6 Å². The third kappa shape index (κ3) is 5.92. The number of hydrogen-bond acceptors (Lipinski definition) is 5. The van der Waals surface area contributed by atoms with Crippen LogP contribution in [0.4, 0.5) is 23.4 Å². The zero-order valence-corrected chi connectivity index (χ0v) is 19.2. The number of aryl methyl sites for hydroxylation is 1. The van der Waals surface area contributed by atoms with E-state index in [0.29, 0.717) is 24.3 Å². The monoisotopic (exact) mass is 491 g/mol. The van der Waals surface area contributed by atoms with E-state index in [1.54, 1.807) is 19.2 Å². The van der Waals surface area contributed by atoms with Crippen LogP contribution < -0.4 is 10.6 Å². The van der Waals surface area contributed by atoms with E-state index in [1.165, 1.54) is 27.7 Å². The van der Waals surface area contributed by atoms with Gasteiger partial charge in [0.1, 0.15) is 17.7 Å². The number of halogens is 4. The average molecular weight is 491 g/mol. The number of aromatic nitrogens is 4. The molecule has 0 aromatic carbocycles. The highest BCUT2D eigenvalue weighted by Crippen LogP contribution is 2.28. The van der Waals surface area contributed by atoms with Crippen molar-refractivity contribution in [3.8, 4) is 11.8 Å². The molecule has 3 aromatic rings. The van der Waals surface area contributed by atoms with E-state index >= 15 is 0 Å². The van der Waals surface area contributed by atoms with E-state index in [9.17, 15) is 22.4 Å². The SMILES string of the molecule is CN1CC[C@@H](Nc2cccc3c(CC(F)(F)F)c(C#CCNC(=O)c4cnn(C)c4)nn23)[C@@H](F)C1. The lowest BCUT2D eigenvalue weighted by molar-refractivity contribution is -0.127. The van der Waals surface area contributed by atoms with Gasteiger partial charge in [-0.25, -0.2) is 8.91 Å². The molecule has 0 aliphatic carbocycles. The number of carbonyl (C=O) groups is 1. The molecule has 0 saturated carbocycles. The number of amides is 1. The number of fused-ring (bicyclic) bond motifs is 1. The van der Waals surface area contributed by atoms with Crippen molar-refractivity contribution in [1.29, 1.82) is 0 Å². The van der Waals surface area contributed by atoms with E-state index in [2.05, 4.69) is 32.7 Å². The zero-order chi connectivity index (χ0) is 25.2. The summed E-state index contributed by atoms with van der Waals surface area (Å²) in [5, 5.41) is 13.9. The second-order valence-electron chi connectivity index (χ2n) is 8.53. The summed E-state index contributed by atoms with van der Waals surface area (Å²) in [5.74, 6) is 5.32. The Morgan fingerprint density at radius 1 is 1.29 bits per heavy atom. The average Bonchev–Trinajstić information content (AvgIpc) is 3.36. The number of likely N-dealkylation sites (tertiary alicyclic amines) is 1. The van der Waals surface area contributed by atoms with E-state index in [4.69, 9.17) is 0 Å². The van der Waals surface area contributed by atoms with Crippen molar-refractivity contribution in [3.05, 3.63) is 47.4 Å². The molecule has 3 aromatic heterocycles. The number of alkyl halides is 4. The minimum Gasteiger partial charge on any atom is -0.364 e. The molecule has 0 bridgehead atoms. The lowest BCUT2D eigenvalue weighted by Gasteiger charge is -2.33. The Labute approximate surface area is 199 Å². The first-order valence-electron chi connectivity index (χ1n) is 11.0. The van der Waals surface area contributed by atoms with Crippen LogP contribution in [0.5, 0.6) is 0 Å². The fourth-order valence-corrected chi connectivity index (χ4v) is 4.01. The Balaban J connectivity index is 1.59. The maximum atomic E-state index is 14.5. The Hall–Kier alpha value is -3.59. The van der Waals surface area contributed by atoms with Crippen LogP contribution in [0.3, 0.4) is 0 Å². The Bertz CT molecular complexity index is 1270. The molecular formula is C23H25F4N7O. The fourth-order valence-electron chi connectivity index (χ4n) is 4.01. The van der Waals surface area contributed by atoms with Gasteiger partial charge in [-0.2, -0.15) is 23.4 Å². The van der Waals surface area contributed by atoms with Crippen molar-refractivity contribution in [3.63, 3.8) is 0 Å². The van der Waals surface area contributed by atoms with E-state index < -0.39 is 30.7 Å². The molecule has 1 amide bonds. The lowest BCUT2D eigenvalue weighted by Crippen LogP contribution is -2.46. The Morgan fingerprint density at radius 3 is 2.77 bits per heavy atom.